The van der Waals surface area contributed by atoms with Crippen LogP contribution in [0.4, 0.5) is 5.95 Å². The van der Waals surface area contributed by atoms with Crippen LogP contribution in [0.3, 0.4) is 0 Å². The van der Waals surface area contributed by atoms with Crippen molar-refractivity contribution in [3.05, 3.63) is 49.2 Å². The highest BCUT2D eigenvalue weighted by atomic mass is 32.2. The molecule has 1 atom stereocenters. The SMILES string of the molecule is C=CCN(CC=C)C(=O)C1CCCN(c2nc(C)c3ccc(S(C)(=O)=O)cc3n2)C1. The number of aryl methyl sites for hydroxylation is 1. The first-order chi connectivity index (χ1) is 14.2. The van der Waals surface area contributed by atoms with Crippen molar-refractivity contribution in [1.29, 1.82) is 0 Å². The Morgan fingerprint density at radius 2 is 1.97 bits per heavy atom. The first kappa shape index (κ1) is 22.0. The molecule has 0 radical (unpaired) electrons. The van der Waals surface area contributed by atoms with E-state index in [0.717, 1.165) is 30.5 Å². The molecule has 0 aliphatic carbocycles. The molecule has 0 N–H and O–H groups in total. The molecule has 2 aromatic rings. The molecule has 2 heterocycles. The lowest BCUT2D eigenvalue weighted by Gasteiger charge is -2.34. The Hall–Kier alpha value is -2.74. The lowest BCUT2D eigenvalue weighted by molar-refractivity contribution is -0.134. The molecule has 1 saturated heterocycles. The quantitative estimate of drug-likeness (QED) is 0.631. The van der Waals surface area contributed by atoms with E-state index < -0.39 is 9.84 Å². The van der Waals surface area contributed by atoms with Gasteiger partial charge in [0.25, 0.3) is 0 Å². The van der Waals surface area contributed by atoms with Gasteiger partial charge in [0.1, 0.15) is 0 Å². The number of aromatic nitrogens is 2. The second kappa shape index (κ2) is 8.95. The van der Waals surface area contributed by atoms with Crippen LogP contribution in [0.1, 0.15) is 18.5 Å². The Bertz CT molecular complexity index is 1070. The van der Waals surface area contributed by atoms with Crippen LogP contribution in [-0.2, 0) is 14.6 Å². The average Bonchev–Trinajstić information content (AvgIpc) is 2.72. The third kappa shape index (κ3) is 4.70. The lowest BCUT2D eigenvalue weighted by atomic mass is 9.96. The van der Waals surface area contributed by atoms with E-state index >= 15 is 0 Å². The van der Waals surface area contributed by atoms with Gasteiger partial charge < -0.3 is 9.80 Å². The molecule has 1 aliphatic rings. The zero-order valence-electron chi connectivity index (χ0n) is 17.5. The van der Waals surface area contributed by atoms with E-state index in [9.17, 15) is 13.2 Å². The van der Waals surface area contributed by atoms with Gasteiger partial charge >= 0.3 is 0 Å². The minimum Gasteiger partial charge on any atom is -0.340 e. The van der Waals surface area contributed by atoms with E-state index in [2.05, 4.69) is 23.1 Å². The van der Waals surface area contributed by atoms with Gasteiger partial charge in [-0.05, 0) is 38.0 Å². The first-order valence-corrected chi connectivity index (χ1v) is 11.9. The van der Waals surface area contributed by atoms with Gasteiger partial charge in [-0.15, -0.1) is 13.2 Å². The Balaban J connectivity index is 1.90. The molecule has 0 saturated carbocycles. The van der Waals surface area contributed by atoms with Gasteiger partial charge in [-0.25, -0.2) is 18.4 Å². The Labute approximate surface area is 178 Å². The molecular formula is C22H28N4O3S. The number of fused-ring (bicyclic) bond motifs is 1. The zero-order valence-corrected chi connectivity index (χ0v) is 18.4. The van der Waals surface area contributed by atoms with E-state index in [1.165, 1.54) is 6.26 Å². The molecule has 8 heteroatoms. The number of sulfone groups is 1. The van der Waals surface area contributed by atoms with Crippen LogP contribution in [0.2, 0.25) is 0 Å². The minimum absolute atomic E-state index is 0.0800. The summed E-state index contributed by atoms with van der Waals surface area (Å²) in [6, 6.07) is 4.91. The highest BCUT2D eigenvalue weighted by molar-refractivity contribution is 7.90. The van der Waals surface area contributed by atoms with E-state index in [-0.39, 0.29) is 16.7 Å². The van der Waals surface area contributed by atoms with Crippen LogP contribution >= 0.6 is 0 Å². The number of hydrogen-bond donors (Lipinski definition) is 0. The van der Waals surface area contributed by atoms with Crippen LogP contribution in [0.15, 0.2) is 48.4 Å². The highest BCUT2D eigenvalue weighted by Crippen LogP contribution is 2.26. The van der Waals surface area contributed by atoms with E-state index in [4.69, 9.17) is 0 Å². The molecule has 1 aromatic carbocycles. The normalized spacial score (nSPS) is 17.0. The van der Waals surface area contributed by atoms with Gasteiger partial charge in [0.05, 0.1) is 22.0 Å². The number of nitrogens with zero attached hydrogens (tertiary/aromatic N) is 4. The number of carbonyl (C=O) groups is 1. The van der Waals surface area contributed by atoms with Crippen molar-refractivity contribution < 1.29 is 13.2 Å². The molecule has 1 aliphatic heterocycles. The second-order valence-electron chi connectivity index (χ2n) is 7.67. The fourth-order valence-electron chi connectivity index (χ4n) is 3.81. The summed E-state index contributed by atoms with van der Waals surface area (Å²) in [5, 5.41) is 0.818. The van der Waals surface area contributed by atoms with Gasteiger partial charge in [0.2, 0.25) is 11.9 Å². The predicted molar refractivity (Wildman–Crippen MR) is 119 cm³/mol. The van der Waals surface area contributed by atoms with Gasteiger partial charge in [0.15, 0.2) is 9.84 Å². The van der Waals surface area contributed by atoms with Crippen LogP contribution in [-0.4, -0.2) is 61.6 Å². The topological polar surface area (TPSA) is 83.5 Å². The summed E-state index contributed by atoms with van der Waals surface area (Å²) in [5.74, 6) is 0.458. The fraction of sp³-hybridized carbons (Fsp3) is 0.409. The zero-order chi connectivity index (χ0) is 21.9. The van der Waals surface area contributed by atoms with Crippen molar-refractivity contribution in [1.82, 2.24) is 14.9 Å². The predicted octanol–water partition coefficient (Wildman–Crippen LogP) is 2.76. The molecule has 1 amide bonds. The molecule has 1 fully saturated rings. The van der Waals surface area contributed by atoms with Gasteiger partial charge in [-0.1, -0.05) is 12.2 Å². The number of benzene rings is 1. The van der Waals surface area contributed by atoms with Crippen molar-refractivity contribution in [3.63, 3.8) is 0 Å². The summed E-state index contributed by atoms with van der Waals surface area (Å²) >= 11 is 0. The number of amides is 1. The number of piperidine rings is 1. The van der Waals surface area contributed by atoms with Crippen LogP contribution < -0.4 is 4.90 Å². The summed E-state index contributed by atoms with van der Waals surface area (Å²) in [7, 11) is -3.33. The van der Waals surface area contributed by atoms with Crippen LogP contribution in [0.5, 0.6) is 0 Å². The smallest absolute Gasteiger partial charge is 0.228 e. The summed E-state index contributed by atoms with van der Waals surface area (Å²) in [4.78, 5) is 26.3. The molecule has 1 aromatic heterocycles. The molecule has 1 unspecified atom stereocenters. The van der Waals surface area contributed by atoms with Crippen molar-refractivity contribution in [2.24, 2.45) is 5.92 Å². The summed E-state index contributed by atoms with van der Waals surface area (Å²) in [6.45, 7) is 11.6. The minimum atomic E-state index is -3.33. The van der Waals surface area contributed by atoms with Gasteiger partial charge in [0, 0.05) is 37.8 Å². The van der Waals surface area contributed by atoms with E-state index in [1.807, 2.05) is 11.8 Å². The number of rotatable bonds is 7. The number of anilines is 1. The van der Waals surface area contributed by atoms with Gasteiger partial charge in [-0.2, -0.15) is 0 Å². The summed E-state index contributed by atoms with van der Waals surface area (Å²) < 4.78 is 23.9. The summed E-state index contributed by atoms with van der Waals surface area (Å²) in [6.07, 6.45) is 6.29. The van der Waals surface area contributed by atoms with Crippen molar-refractivity contribution in [3.8, 4) is 0 Å². The summed E-state index contributed by atoms with van der Waals surface area (Å²) in [5.41, 5.74) is 1.37. The first-order valence-electron chi connectivity index (χ1n) is 9.98. The number of carbonyl (C=O) groups excluding carboxylic acids is 1. The maximum Gasteiger partial charge on any atom is 0.228 e. The Morgan fingerprint density at radius 1 is 1.27 bits per heavy atom. The molecule has 30 heavy (non-hydrogen) atoms. The highest BCUT2D eigenvalue weighted by Gasteiger charge is 2.30. The van der Waals surface area contributed by atoms with Gasteiger partial charge in [-0.3, -0.25) is 4.79 Å². The van der Waals surface area contributed by atoms with Crippen LogP contribution in [0.25, 0.3) is 10.9 Å². The molecule has 0 spiro atoms. The molecular weight excluding hydrogens is 400 g/mol. The van der Waals surface area contributed by atoms with Crippen molar-refractivity contribution >= 4 is 32.6 Å². The number of hydrogen-bond acceptors (Lipinski definition) is 6. The lowest BCUT2D eigenvalue weighted by Crippen LogP contribution is -2.45. The third-order valence-corrected chi connectivity index (χ3v) is 6.45. The molecule has 0 bridgehead atoms. The third-order valence-electron chi connectivity index (χ3n) is 5.34. The fourth-order valence-corrected chi connectivity index (χ4v) is 4.45. The average molecular weight is 429 g/mol. The largest absolute Gasteiger partial charge is 0.340 e. The van der Waals surface area contributed by atoms with Crippen LogP contribution in [0, 0.1) is 12.8 Å². The van der Waals surface area contributed by atoms with E-state index in [1.54, 1.807) is 35.3 Å². The maximum atomic E-state index is 13.0. The molecule has 7 nitrogen and oxygen atoms in total. The molecule has 3 rings (SSSR count). The Kier molecular flexibility index (Phi) is 6.55. The molecule has 160 valence electrons. The monoisotopic (exact) mass is 428 g/mol. The standard InChI is InChI=1S/C22H28N4O3S/c1-5-11-25(12-6-2)21(27)17-8-7-13-26(15-17)22-23-16(3)19-10-9-18(30(4,28)29)14-20(19)24-22/h5-6,9-10,14,17H,1-2,7-8,11-13,15H2,3-4H3. The second-order valence-corrected chi connectivity index (χ2v) is 9.68. The van der Waals surface area contributed by atoms with Crippen molar-refractivity contribution in [2.45, 2.75) is 24.7 Å². The maximum absolute atomic E-state index is 13.0. The Morgan fingerprint density at radius 3 is 2.60 bits per heavy atom. The van der Waals surface area contributed by atoms with Crippen molar-refractivity contribution in [2.75, 3.05) is 37.3 Å². The van der Waals surface area contributed by atoms with E-state index in [0.29, 0.717) is 31.1 Å².